The van der Waals surface area contributed by atoms with Gasteiger partial charge in [0.1, 0.15) is 5.60 Å². The number of rotatable bonds is 2. The molecule has 0 bridgehead atoms. The molecule has 2 N–H and O–H groups in total. The van der Waals surface area contributed by atoms with E-state index in [9.17, 15) is 4.79 Å². The highest BCUT2D eigenvalue weighted by Crippen LogP contribution is 2.25. The van der Waals surface area contributed by atoms with Crippen molar-refractivity contribution in [3.63, 3.8) is 0 Å². The molecule has 0 aromatic rings. The van der Waals surface area contributed by atoms with Gasteiger partial charge in [0.2, 0.25) is 0 Å². The number of nitrogens with two attached hydrogens (primary N) is 1. The van der Waals surface area contributed by atoms with Crippen LogP contribution in [-0.2, 0) is 4.74 Å². The fourth-order valence-corrected chi connectivity index (χ4v) is 3.34. The number of hydrogen-bond acceptors (Lipinski definition) is 4. The van der Waals surface area contributed by atoms with Gasteiger partial charge in [-0.3, -0.25) is 4.90 Å². The lowest BCUT2D eigenvalue weighted by atomic mass is 9.90. The maximum Gasteiger partial charge on any atom is 0.410 e. The van der Waals surface area contributed by atoms with E-state index >= 15 is 0 Å². The highest BCUT2D eigenvalue weighted by molar-refractivity contribution is 5.68. The second kappa shape index (κ2) is 6.53. The Bertz CT molecular complexity index is 357. The van der Waals surface area contributed by atoms with Gasteiger partial charge in [0.25, 0.3) is 0 Å². The fraction of sp³-hybridized carbons (Fsp3) is 0.938. The van der Waals surface area contributed by atoms with Gasteiger partial charge in [-0.1, -0.05) is 0 Å². The average molecular weight is 297 g/mol. The molecule has 0 aliphatic carbocycles. The van der Waals surface area contributed by atoms with Gasteiger partial charge in [0, 0.05) is 25.2 Å². The van der Waals surface area contributed by atoms with E-state index in [1.807, 2.05) is 25.7 Å². The molecule has 0 aromatic heterocycles. The first kappa shape index (κ1) is 16.6. The molecule has 2 aliphatic heterocycles. The van der Waals surface area contributed by atoms with Crippen molar-refractivity contribution in [3.8, 4) is 0 Å². The molecule has 2 fully saturated rings. The molecule has 2 rings (SSSR count). The Kier molecular flexibility index (Phi) is 5.15. The fourth-order valence-electron chi connectivity index (χ4n) is 3.34. The summed E-state index contributed by atoms with van der Waals surface area (Å²) in [5, 5.41) is 0. The van der Waals surface area contributed by atoms with Gasteiger partial charge in [-0.25, -0.2) is 4.79 Å². The minimum Gasteiger partial charge on any atom is -0.444 e. The molecular weight excluding hydrogens is 266 g/mol. The van der Waals surface area contributed by atoms with Crippen molar-refractivity contribution in [3.05, 3.63) is 0 Å². The van der Waals surface area contributed by atoms with Crippen molar-refractivity contribution in [1.29, 1.82) is 0 Å². The van der Waals surface area contributed by atoms with Gasteiger partial charge in [-0.2, -0.15) is 0 Å². The number of piperidine rings is 1. The third-order valence-electron chi connectivity index (χ3n) is 4.65. The van der Waals surface area contributed by atoms with Crippen LogP contribution in [0.1, 0.15) is 47.0 Å². The molecule has 1 amide bonds. The van der Waals surface area contributed by atoms with Crippen molar-refractivity contribution in [2.24, 2.45) is 11.7 Å². The molecule has 0 spiro atoms. The topological polar surface area (TPSA) is 58.8 Å². The molecule has 2 heterocycles. The van der Waals surface area contributed by atoms with Gasteiger partial charge in [-0.05, 0) is 66.0 Å². The predicted molar refractivity (Wildman–Crippen MR) is 84.2 cm³/mol. The van der Waals surface area contributed by atoms with Gasteiger partial charge < -0.3 is 15.4 Å². The summed E-state index contributed by atoms with van der Waals surface area (Å²) >= 11 is 0. The second-order valence-electron chi connectivity index (χ2n) is 7.60. The molecule has 0 radical (unpaired) electrons. The Labute approximate surface area is 128 Å². The normalized spacial score (nSPS) is 26.9. The number of carbonyl (C=O) groups excluding carboxylic acids is 1. The van der Waals surface area contributed by atoms with Crippen LogP contribution < -0.4 is 5.73 Å². The summed E-state index contributed by atoms with van der Waals surface area (Å²) in [6.07, 6.45) is 3.25. The molecular formula is C16H31N3O2. The van der Waals surface area contributed by atoms with Crippen LogP contribution in [0.15, 0.2) is 0 Å². The summed E-state index contributed by atoms with van der Waals surface area (Å²) in [6.45, 7) is 11.7. The highest BCUT2D eigenvalue weighted by Gasteiger charge is 2.34. The minimum absolute atomic E-state index is 0.171. The summed E-state index contributed by atoms with van der Waals surface area (Å²) in [7, 11) is 0. The first-order valence-electron chi connectivity index (χ1n) is 8.24. The first-order valence-corrected chi connectivity index (χ1v) is 8.24. The number of carbonyl (C=O) groups is 1. The molecule has 0 saturated carbocycles. The Morgan fingerprint density at radius 3 is 2.33 bits per heavy atom. The smallest absolute Gasteiger partial charge is 0.410 e. The lowest BCUT2D eigenvalue weighted by molar-refractivity contribution is 0.0273. The Hall–Kier alpha value is -0.810. The van der Waals surface area contributed by atoms with Crippen LogP contribution in [0.5, 0.6) is 0 Å². The molecule has 5 heteroatoms. The maximum atomic E-state index is 12.1. The van der Waals surface area contributed by atoms with Gasteiger partial charge in [-0.15, -0.1) is 0 Å². The van der Waals surface area contributed by atoms with E-state index < -0.39 is 5.60 Å². The molecule has 0 aromatic carbocycles. The monoisotopic (exact) mass is 297 g/mol. The van der Waals surface area contributed by atoms with Gasteiger partial charge in [0.15, 0.2) is 0 Å². The van der Waals surface area contributed by atoms with Crippen molar-refractivity contribution >= 4 is 6.09 Å². The van der Waals surface area contributed by atoms with Crippen LogP contribution in [0, 0.1) is 5.92 Å². The zero-order valence-corrected chi connectivity index (χ0v) is 14.0. The lowest BCUT2D eigenvalue weighted by Crippen LogP contribution is -2.46. The molecule has 2 aliphatic rings. The molecule has 5 nitrogen and oxygen atoms in total. The molecule has 2 saturated heterocycles. The third kappa shape index (κ3) is 4.58. The molecule has 122 valence electrons. The van der Waals surface area contributed by atoms with E-state index in [2.05, 4.69) is 11.8 Å². The quantitative estimate of drug-likeness (QED) is 0.847. The van der Waals surface area contributed by atoms with E-state index in [0.717, 1.165) is 32.6 Å². The van der Waals surface area contributed by atoms with Crippen LogP contribution in [0.3, 0.4) is 0 Å². The average Bonchev–Trinajstić information content (AvgIpc) is 2.86. The summed E-state index contributed by atoms with van der Waals surface area (Å²) < 4.78 is 5.46. The molecule has 2 unspecified atom stereocenters. The number of amides is 1. The minimum atomic E-state index is -0.412. The summed E-state index contributed by atoms with van der Waals surface area (Å²) in [5.74, 6) is 0.657. The van der Waals surface area contributed by atoms with Gasteiger partial charge in [0.05, 0.1) is 0 Å². The van der Waals surface area contributed by atoms with Crippen molar-refractivity contribution < 1.29 is 9.53 Å². The Morgan fingerprint density at radius 2 is 1.81 bits per heavy atom. The van der Waals surface area contributed by atoms with Gasteiger partial charge >= 0.3 is 6.09 Å². The van der Waals surface area contributed by atoms with Crippen LogP contribution in [0.2, 0.25) is 0 Å². The van der Waals surface area contributed by atoms with Crippen LogP contribution in [0.4, 0.5) is 4.79 Å². The summed E-state index contributed by atoms with van der Waals surface area (Å²) in [6, 6.07) is 0.792. The zero-order valence-electron chi connectivity index (χ0n) is 14.0. The number of ether oxygens (including phenoxy) is 1. The predicted octanol–water partition coefficient (Wildman–Crippen LogP) is 2.05. The largest absolute Gasteiger partial charge is 0.444 e. The van der Waals surface area contributed by atoms with Crippen LogP contribution in [-0.4, -0.2) is 59.8 Å². The van der Waals surface area contributed by atoms with Crippen LogP contribution in [0.25, 0.3) is 0 Å². The number of likely N-dealkylation sites (tertiary alicyclic amines) is 2. The van der Waals surface area contributed by atoms with E-state index in [4.69, 9.17) is 10.5 Å². The zero-order chi connectivity index (χ0) is 15.6. The number of nitrogens with zero attached hydrogens (tertiary/aromatic N) is 2. The second-order valence-corrected chi connectivity index (χ2v) is 7.60. The van der Waals surface area contributed by atoms with E-state index in [-0.39, 0.29) is 6.09 Å². The lowest BCUT2D eigenvalue weighted by Gasteiger charge is -2.37. The Morgan fingerprint density at radius 1 is 1.19 bits per heavy atom. The SMILES string of the molecule is CC(N)C1CCN(C2CCN(C(=O)OC(C)(C)C)C2)CC1. The summed E-state index contributed by atoms with van der Waals surface area (Å²) in [4.78, 5) is 16.5. The standard InChI is InChI=1S/C16H31N3O2/c1-12(17)13-5-8-18(9-6-13)14-7-10-19(11-14)15(20)21-16(2,3)4/h12-14H,5-11,17H2,1-4H3. The highest BCUT2D eigenvalue weighted by atomic mass is 16.6. The maximum absolute atomic E-state index is 12.1. The van der Waals surface area contributed by atoms with Crippen molar-refractivity contribution in [2.45, 2.75) is 64.6 Å². The van der Waals surface area contributed by atoms with Crippen molar-refractivity contribution in [2.75, 3.05) is 26.2 Å². The molecule has 21 heavy (non-hydrogen) atoms. The number of hydrogen-bond donors (Lipinski definition) is 1. The van der Waals surface area contributed by atoms with E-state index in [1.165, 1.54) is 12.8 Å². The van der Waals surface area contributed by atoms with Crippen molar-refractivity contribution in [1.82, 2.24) is 9.80 Å². The third-order valence-corrected chi connectivity index (χ3v) is 4.65. The molecule has 2 atom stereocenters. The van der Waals surface area contributed by atoms with E-state index in [0.29, 0.717) is 18.0 Å². The summed E-state index contributed by atoms with van der Waals surface area (Å²) in [5.41, 5.74) is 5.59. The van der Waals surface area contributed by atoms with Crippen LogP contribution >= 0.6 is 0 Å². The van der Waals surface area contributed by atoms with E-state index in [1.54, 1.807) is 0 Å². The first-order chi connectivity index (χ1) is 9.76. The Balaban J connectivity index is 1.79.